The van der Waals surface area contributed by atoms with Gasteiger partial charge in [0.15, 0.2) is 0 Å². The van der Waals surface area contributed by atoms with Gasteiger partial charge in [-0.3, -0.25) is 0 Å². The summed E-state index contributed by atoms with van der Waals surface area (Å²) in [5.41, 5.74) is 2.64. The molecule has 14 heavy (non-hydrogen) atoms. The molecule has 2 rings (SSSR count). The molecule has 1 aromatic carbocycles. The van der Waals surface area contributed by atoms with Crippen LogP contribution in [0.3, 0.4) is 0 Å². The summed E-state index contributed by atoms with van der Waals surface area (Å²) in [5, 5.41) is 3.36. The van der Waals surface area contributed by atoms with Crippen LogP contribution in [-0.2, 0) is 0 Å². The fraction of sp³-hybridized carbons (Fsp3) is 0.455. The van der Waals surface area contributed by atoms with Gasteiger partial charge in [-0.15, -0.1) is 0 Å². The van der Waals surface area contributed by atoms with Gasteiger partial charge in [-0.05, 0) is 30.7 Å². The van der Waals surface area contributed by atoms with Crippen molar-refractivity contribution in [3.05, 3.63) is 28.2 Å². The second kappa shape index (κ2) is 4.32. The van der Waals surface area contributed by atoms with E-state index in [0.717, 1.165) is 26.2 Å². The van der Waals surface area contributed by atoms with Crippen molar-refractivity contribution in [3.63, 3.8) is 0 Å². The first-order valence-corrected chi connectivity index (χ1v) is 5.78. The Morgan fingerprint density at radius 1 is 1.21 bits per heavy atom. The van der Waals surface area contributed by atoms with E-state index in [0.29, 0.717) is 0 Å². The van der Waals surface area contributed by atoms with E-state index in [1.54, 1.807) is 0 Å². The SMILES string of the molecule is Cc1cc(Br)cc(N2CCNCC2)c1. The minimum absolute atomic E-state index is 1.09. The highest BCUT2D eigenvalue weighted by atomic mass is 79.9. The summed E-state index contributed by atoms with van der Waals surface area (Å²) >= 11 is 3.54. The van der Waals surface area contributed by atoms with Crippen LogP contribution < -0.4 is 10.2 Å². The smallest absolute Gasteiger partial charge is 0.0381 e. The van der Waals surface area contributed by atoms with Gasteiger partial charge in [-0.25, -0.2) is 0 Å². The summed E-state index contributed by atoms with van der Waals surface area (Å²) in [6, 6.07) is 6.58. The average Bonchev–Trinajstić information content (AvgIpc) is 2.18. The highest BCUT2D eigenvalue weighted by molar-refractivity contribution is 9.10. The third-order valence-corrected chi connectivity index (χ3v) is 2.97. The van der Waals surface area contributed by atoms with Gasteiger partial charge in [-0.1, -0.05) is 15.9 Å². The molecule has 1 fully saturated rings. The number of nitrogens with one attached hydrogen (secondary N) is 1. The number of piperazine rings is 1. The van der Waals surface area contributed by atoms with Gasteiger partial charge >= 0.3 is 0 Å². The van der Waals surface area contributed by atoms with Gasteiger partial charge in [0.2, 0.25) is 0 Å². The van der Waals surface area contributed by atoms with Gasteiger partial charge < -0.3 is 10.2 Å². The molecule has 0 atom stereocenters. The van der Waals surface area contributed by atoms with Gasteiger partial charge in [-0.2, -0.15) is 0 Å². The highest BCUT2D eigenvalue weighted by Gasteiger charge is 2.10. The zero-order valence-electron chi connectivity index (χ0n) is 8.39. The fourth-order valence-electron chi connectivity index (χ4n) is 1.82. The lowest BCUT2D eigenvalue weighted by atomic mass is 10.2. The van der Waals surface area contributed by atoms with Gasteiger partial charge in [0, 0.05) is 36.3 Å². The van der Waals surface area contributed by atoms with Crippen LogP contribution in [-0.4, -0.2) is 26.2 Å². The Labute approximate surface area is 93.4 Å². The van der Waals surface area contributed by atoms with Crippen molar-refractivity contribution < 1.29 is 0 Å². The number of benzene rings is 1. The van der Waals surface area contributed by atoms with E-state index in [1.165, 1.54) is 15.7 Å². The number of halogens is 1. The van der Waals surface area contributed by atoms with Crippen molar-refractivity contribution in [2.45, 2.75) is 6.92 Å². The lowest BCUT2D eigenvalue weighted by Crippen LogP contribution is -2.43. The van der Waals surface area contributed by atoms with Crippen LogP contribution >= 0.6 is 15.9 Å². The summed E-state index contributed by atoms with van der Waals surface area (Å²) in [6.45, 7) is 6.53. The van der Waals surface area contributed by atoms with E-state index in [4.69, 9.17) is 0 Å². The predicted molar refractivity (Wildman–Crippen MR) is 64.0 cm³/mol. The third kappa shape index (κ3) is 2.28. The lowest BCUT2D eigenvalue weighted by molar-refractivity contribution is 0.589. The van der Waals surface area contributed by atoms with Crippen LogP contribution in [0, 0.1) is 6.92 Å². The summed E-state index contributed by atoms with van der Waals surface area (Å²) in [7, 11) is 0. The molecule has 0 aromatic heterocycles. The van der Waals surface area contributed by atoms with E-state index in [9.17, 15) is 0 Å². The third-order valence-electron chi connectivity index (χ3n) is 2.51. The largest absolute Gasteiger partial charge is 0.369 e. The predicted octanol–water partition coefficient (Wildman–Crippen LogP) is 2.17. The maximum absolute atomic E-state index is 3.54. The quantitative estimate of drug-likeness (QED) is 0.827. The van der Waals surface area contributed by atoms with E-state index in [-0.39, 0.29) is 0 Å². The van der Waals surface area contributed by atoms with Crippen LogP contribution in [0.4, 0.5) is 5.69 Å². The number of rotatable bonds is 1. The molecule has 1 aliphatic heterocycles. The van der Waals surface area contributed by atoms with Gasteiger partial charge in [0.05, 0.1) is 0 Å². The van der Waals surface area contributed by atoms with Crippen molar-refractivity contribution in [1.29, 1.82) is 0 Å². The van der Waals surface area contributed by atoms with Crippen molar-refractivity contribution in [2.24, 2.45) is 0 Å². The first-order chi connectivity index (χ1) is 6.75. The first kappa shape index (κ1) is 9.99. The van der Waals surface area contributed by atoms with Crippen LogP contribution in [0.15, 0.2) is 22.7 Å². The molecular weight excluding hydrogens is 240 g/mol. The fourth-order valence-corrected chi connectivity index (χ4v) is 2.42. The van der Waals surface area contributed by atoms with Crippen molar-refractivity contribution >= 4 is 21.6 Å². The van der Waals surface area contributed by atoms with Crippen LogP contribution in [0.1, 0.15) is 5.56 Å². The average molecular weight is 255 g/mol. The van der Waals surface area contributed by atoms with Gasteiger partial charge in [0.25, 0.3) is 0 Å². The molecule has 0 radical (unpaired) electrons. The van der Waals surface area contributed by atoms with E-state index < -0.39 is 0 Å². The standard InChI is InChI=1S/C11H15BrN2/c1-9-6-10(12)8-11(7-9)14-4-2-13-3-5-14/h6-8,13H,2-5H2,1H3. The van der Waals surface area contributed by atoms with Crippen LogP contribution in [0.25, 0.3) is 0 Å². The minimum atomic E-state index is 1.09. The summed E-state index contributed by atoms with van der Waals surface area (Å²) in [5.74, 6) is 0. The van der Waals surface area contributed by atoms with E-state index in [1.807, 2.05) is 0 Å². The molecule has 0 amide bonds. The number of nitrogens with zero attached hydrogens (tertiary/aromatic N) is 1. The number of anilines is 1. The molecule has 0 saturated carbocycles. The highest BCUT2D eigenvalue weighted by Crippen LogP contribution is 2.22. The van der Waals surface area contributed by atoms with Crippen LogP contribution in [0.2, 0.25) is 0 Å². The second-order valence-electron chi connectivity index (χ2n) is 3.72. The summed E-state index contributed by atoms with van der Waals surface area (Å²) in [6.07, 6.45) is 0. The minimum Gasteiger partial charge on any atom is -0.369 e. The Kier molecular flexibility index (Phi) is 3.08. The molecule has 1 N–H and O–H groups in total. The van der Waals surface area contributed by atoms with Crippen molar-refractivity contribution in [3.8, 4) is 0 Å². The maximum atomic E-state index is 3.54. The van der Waals surface area contributed by atoms with Gasteiger partial charge in [0.1, 0.15) is 0 Å². The molecular formula is C11H15BrN2. The van der Waals surface area contributed by atoms with Crippen LogP contribution in [0.5, 0.6) is 0 Å². The Balaban J connectivity index is 2.21. The molecule has 1 heterocycles. The lowest BCUT2D eigenvalue weighted by Gasteiger charge is -2.29. The molecule has 2 nitrogen and oxygen atoms in total. The molecule has 0 unspecified atom stereocenters. The maximum Gasteiger partial charge on any atom is 0.0381 e. The number of aryl methyl sites for hydroxylation is 1. The zero-order chi connectivity index (χ0) is 9.97. The Morgan fingerprint density at radius 2 is 1.93 bits per heavy atom. The second-order valence-corrected chi connectivity index (χ2v) is 4.64. The van der Waals surface area contributed by atoms with Crippen molar-refractivity contribution in [1.82, 2.24) is 5.32 Å². The number of hydrogen-bond acceptors (Lipinski definition) is 2. The van der Waals surface area contributed by atoms with Crippen molar-refractivity contribution in [2.75, 3.05) is 31.1 Å². The molecule has 0 bridgehead atoms. The zero-order valence-corrected chi connectivity index (χ0v) is 9.97. The summed E-state index contributed by atoms with van der Waals surface area (Å²) in [4.78, 5) is 2.42. The topological polar surface area (TPSA) is 15.3 Å². The molecule has 76 valence electrons. The molecule has 3 heteroatoms. The Bertz CT molecular complexity index is 299. The molecule has 1 aliphatic rings. The van der Waals surface area contributed by atoms with E-state index >= 15 is 0 Å². The Morgan fingerprint density at radius 3 is 2.57 bits per heavy atom. The monoisotopic (exact) mass is 254 g/mol. The first-order valence-electron chi connectivity index (χ1n) is 4.98. The number of hydrogen-bond donors (Lipinski definition) is 1. The normalized spacial score (nSPS) is 17.1. The molecule has 0 spiro atoms. The molecule has 1 aromatic rings. The molecule has 1 saturated heterocycles. The molecule has 0 aliphatic carbocycles. The summed E-state index contributed by atoms with van der Waals surface area (Å²) < 4.78 is 1.17. The Hall–Kier alpha value is -0.540. The van der Waals surface area contributed by atoms with E-state index in [2.05, 4.69) is 51.3 Å².